The third kappa shape index (κ3) is 2.55. The molecule has 0 heterocycles. The number of nitrogens with one attached hydrogen (secondary N) is 1. The summed E-state index contributed by atoms with van der Waals surface area (Å²) >= 11 is 0. The van der Waals surface area contributed by atoms with E-state index in [1.165, 1.54) is 12.8 Å². The van der Waals surface area contributed by atoms with E-state index in [0.717, 1.165) is 29.6 Å². The predicted molar refractivity (Wildman–Crippen MR) is 60.8 cm³/mol. The van der Waals surface area contributed by atoms with Gasteiger partial charge in [0.15, 0.2) is 11.5 Å². The monoisotopic (exact) mass is 207 g/mol. The first-order chi connectivity index (χ1) is 7.33. The van der Waals surface area contributed by atoms with Crippen LogP contribution in [0.25, 0.3) is 0 Å². The van der Waals surface area contributed by atoms with Crippen molar-refractivity contribution < 1.29 is 9.47 Å². The van der Waals surface area contributed by atoms with E-state index < -0.39 is 0 Å². The van der Waals surface area contributed by atoms with Crippen LogP contribution in [0.2, 0.25) is 0 Å². The molecule has 0 aromatic heterocycles. The number of hydrogen-bond donors (Lipinski definition) is 1. The van der Waals surface area contributed by atoms with Gasteiger partial charge in [-0.05, 0) is 30.9 Å². The summed E-state index contributed by atoms with van der Waals surface area (Å²) < 4.78 is 10.4. The maximum atomic E-state index is 5.23. The number of rotatable bonds is 5. The van der Waals surface area contributed by atoms with Gasteiger partial charge in [0.2, 0.25) is 0 Å². The lowest BCUT2D eigenvalue weighted by molar-refractivity contribution is 0.355. The van der Waals surface area contributed by atoms with Crippen LogP contribution in [-0.2, 0) is 0 Å². The smallest absolute Gasteiger partial charge is 0.162 e. The number of methoxy groups -OCH3 is 2. The van der Waals surface area contributed by atoms with E-state index in [-0.39, 0.29) is 0 Å². The average molecular weight is 207 g/mol. The fraction of sp³-hybridized carbons (Fsp3) is 0.500. The van der Waals surface area contributed by atoms with Crippen molar-refractivity contribution >= 4 is 5.69 Å². The minimum absolute atomic E-state index is 0.773. The zero-order chi connectivity index (χ0) is 10.7. The molecule has 0 radical (unpaired) electrons. The molecule has 2 rings (SSSR count). The highest BCUT2D eigenvalue weighted by atomic mass is 16.5. The summed E-state index contributed by atoms with van der Waals surface area (Å²) in [5.41, 5.74) is 1.10. The Morgan fingerprint density at radius 3 is 2.53 bits per heavy atom. The van der Waals surface area contributed by atoms with Crippen molar-refractivity contribution in [2.45, 2.75) is 12.8 Å². The summed E-state index contributed by atoms with van der Waals surface area (Å²) in [6, 6.07) is 5.92. The van der Waals surface area contributed by atoms with Gasteiger partial charge in [-0.2, -0.15) is 0 Å². The molecule has 0 atom stereocenters. The summed E-state index contributed by atoms with van der Waals surface area (Å²) in [6.07, 6.45) is 2.72. The Labute approximate surface area is 90.4 Å². The van der Waals surface area contributed by atoms with Crippen LogP contribution in [0.1, 0.15) is 12.8 Å². The Kier molecular flexibility index (Phi) is 2.99. The molecule has 1 fully saturated rings. The molecule has 0 amide bonds. The molecule has 1 aliphatic rings. The molecule has 0 aliphatic heterocycles. The highest BCUT2D eigenvalue weighted by Crippen LogP contribution is 2.32. The fourth-order valence-electron chi connectivity index (χ4n) is 1.53. The zero-order valence-electron chi connectivity index (χ0n) is 9.25. The molecular weight excluding hydrogens is 190 g/mol. The first-order valence-electron chi connectivity index (χ1n) is 5.29. The fourth-order valence-corrected chi connectivity index (χ4v) is 1.53. The van der Waals surface area contributed by atoms with E-state index in [9.17, 15) is 0 Å². The lowest BCUT2D eigenvalue weighted by Crippen LogP contribution is -2.03. The normalized spacial score (nSPS) is 14.8. The van der Waals surface area contributed by atoms with Crippen LogP contribution >= 0.6 is 0 Å². The first-order valence-corrected chi connectivity index (χ1v) is 5.29. The first kappa shape index (κ1) is 10.1. The molecule has 1 aromatic rings. The van der Waals surface area contributed by atoms with Crippen LogP contribution in [0.3, 0.4) is 0 Å². The second kappa shape index (κ2) is 4.43. The molecule has 0 saturated heterocycles. The van der Waals surface area contributed by atoms with Gasteiger partial charge in [0.25, 0.3) is 0 Å². The quantitative estimate of drug-likeness (QED) is 0.804. The SMILES string of the molecule is COc1ccc(NCC2CC2)cc1OC. The maximum absolute atomic E-state index is 5.23. The van der Waals surface area contributed by atoms with Crippen LogP contribution in [0.5, 0.6) is 11.5 Å². The van der Waals surface area contributed by atoms with Crippen LogP contribution < -0.4 is 14.8 Å². The van der Waals surface area contributed by atoms with E-state index in [4.69, 9.17) is 9.47 Å². The molecule has 0 spiro atoms. The highest BCUT2D eigenvalue weighted by molar-refractivity contribution is 5.54. The Bertz CT molecular complexity index is 334. The van der Waals surface area contributed by atoms with Crippen molar-refractivity contribution in [1.82, 2.24) is 0 Å². The molecule has 82 valence electrons. The van der Waals surface area contributed by atoms with E-state index in [2.05, 4.69) is 5.32 Å². The molecule has 1 aliphatic carbocycles. The van der Waals surface area contributed by atoms with Gasteiger partial charge < -0.3 is 14.8 Å². The van der Waals surface area contributed by atoms with E-state index in [1.807, 2.05) is 18.2 Å². The second-order valence-electron chi connectivity index (χ2n) is 3.89. The third-order valence-electron chi connectivity index (χ3n) is 2.68. The Hall–Kier alpha value is -1.38. The predicted octanol–water partition coefficient (Wildman–Crippen LogP) is 2.53. The Morgan fingerprint density at radius 1 is 1.20 bits per heavy atom. The summed E-state index contributed by atoms with van der Waals surface area (Å²) in [6.45, 7) is 1.06. The van der Waals surface area contributed by atoms with Gasteiger partial charge in [0, 0.05) is 18.3 Å². The number of ether oxygens (including phenoxy) is 2. The molecule has 1 N–H and O–H groups in total. The second-order valence-corrected chi connectivity index (χ2v) is 3.89. The van der Waals surface area contributed by atoms with Crippen molar-refractivity contribution in [2.75, 3.05) is 26.1 Å². The van der Waals surface area contributed by atoms with Gasteiger partial charge in [-0.1, -0.05) is 0 Å². The minimum Gasteiger partial charge on any atom is -0.493 e. The topological polar surface area (TPSA) is 30.5 Å². The molecule has 1 aromatic carbocycles. The lowest BCUT2D eigenvalue weighted by atomic mass is 10.2. The van der Waals surface area contributed by atoms with Crippen molar-refractivity contribution in [3.8, 4) is 11.5 Å². The summed E-state index contributed by atoms with van der Waals surface area (Å²) in [7, 11) is 3.30. The van der Waals surface area contributed by atoms with Gasteiger partial charge >= 0.3 is 0 Å². The van der Waals surface area contributed by atoms with E-state index in [0.29, 0.717) is 0 Å². The molecule has 0 unspecified atom stereocenters. The van der Waals surface area contributed by atoms with Crippen LogP contribution in [0.15, 0.2) is 18.2 Å². The maximum Gasteiger partial charge on any atom is 0.162 e. The largest absolute Gasteiger partial charge is 0.493 e. The molecule has 3 heteroatoms. The summed E-state index contributed by atoms with van der Waals surface area (Å²) in [5.74, 6) is 2.42. The van der Waals surface area contributed by atoms with Crippen molar-refractivity contribution in [2.24, 2.45) is 5.92 Å². The standard InChI is InChI=1S/C12H17NO2/c1-14-11-6-5-10(7-12(11)15-2)13-8-9-3-4-9/h5-7,9,13H,3-4,8H2,1-2H3. The number of anilines is 1. The van der Waals surface area contributed by atoms with Gasteiger partial charge in [0.1, 0.15) is 0 Å². The van der Waals surface area contributed by atoms with Crippen molar-refractivity contribution in [3.63, 3.8) is 0 Å². The molecular formula is C12H17NO2. The van der Waals surface area contributed by atoms with E-state index in [1.54, 1.807) is 14.2 Å². The average Bonchev–Trinajstić information content (AvgIpc) is 3.09. The third-order valence-corrected chi connectivity index (χ3v) is 2.68. The minimum atomic E-state index is 0.773. The van der Waals surface area contributed by atoms with Crippen LogP contribution in [0, 0.1) is 5.92 Å². The summed E-state index contributed by atoms with van der Waals surface area (Å²) in [5, 5.41) is 3.40. The number of benzene rings is 1. The highest BCUT2D eigenvalue weighted by Gasteiger charge is 2.20. The zero-order valence-corrected chi connectivity index (χ0v) is 9.25. The Balaban J connectivity index is 2.03. The van der Waals surface area contributed by atoms with Gasteiger partial charge in [0.05, 0.1) is 14.2 Å². The Morgan fingerprint density at radius 2 is 1.93 bits per heavy atom. The van der Waals surface area contributed by atoms with Gasteiger partial charge in [-0.25, -0.2) is 0 Å². The number of hydrogen-bond acceptors (Lipinski definition) is 3. The summed E-state index contributed by atoms with van der Waals surface area (Å²) in [4.78, 5) is 0. The van der Waals surface area contributed by atoms with Crippen LogP contribution in [0.4, 0.5) is 5.69 Å². The van der Waals surface area contributed by atoms with Crippen molar-refractivity contribution in [3.05, 3.63) is 18.2 Å². The molecule has 0 bridgehead atoms. The lowest BCUT2D eigenvalue weighted by Gasteiger charge is -2.10. The van der Waals surface area contributed by atoms with Gasteiger partial charge in [-0.15, -0.1) is 0 Å². The van der Waals surface area contributed by atoms with Crippen LogP contribution in [-0.4, -0.2) is 20.8 Å². The molecule has 3 nitrogen and oxygen atoms in total. The van der Waals surface area contributed by atoms with E-state index >= 15 is 0 Å². The molecule has 1 saturated carbocycles. The van der Waals surface area contributed by atoms with Crippen molar-refractivity contribution in [1.29, 1.82) is 0 Å². The van der Waals surface area contributed by atoms with Gasteiger partial charge in [-0.3, -0.25) is 0 Å². The molecule has 15 heavy (non-hydrogen) atoms.